The maximum atomic E-state index is 11.8. The second-order valence-electron chi connectivity index (χ2n) is 3.93. The Kier molecular flexibility index (Phi) is 3.64. The zero-order chi connectivity index (χ0) is 14.1. The summed E-state index contributed by atoms with van der Waals surface area (Å²) in [5.41, 5.74) is -0.339. The van der Waals surface area contributed by atoms with E-state index in [0.717, 1.165) is 14.7 Å². The minimum absolute atomic E-state index is 0.136. The summed E-state index contributed by atoms with van der Waals surface area (Å²) in [5.74, 6) is 0.686. The third kappa shape index (κ3) is 2.51. The Morgan fingerprint density at radius 2 is 2.30 bits per heavy atom. The number of rotatable bonds is 4. The lowest BCUT2D eigenvalue weighted by molar-refractivity contribution is 0.440. The average molecular weight is 326 g/mol. The predicted octanol–water partition coefficient (Wildman–Crippen LogP) is 2.09. The molecule has 3 aromatic heterocycles. The van der Waals surface area contributed by atoms with Gasteiger partial charge < -0.3 is 5.11 Å². The maximum Gasteiger partial charge on any atom is 0.337 e. The first-order valence-electron chi connectivity index (χ1n) is 5.61. The van der Waals surface area contributed by atoms with Crippen molar-refractivity contribution >= 4 is 34.4 Å². The molecule has 0 aliphatic carbocycles. The average Bonchev–Trinajstić information content (AvgIpc) is 3.11. The Hall–Kier alpha value is -1.58. The van der Waals surface area contributed by atoms with Crippen LogP contribution in [0.2, 0.25) is 0 Å². The van der Waals surface area contributed by atoms with Gasteiger partial charge in [-0.15, -0.1) is 21.5 Å². The van der Waals surface area contributed by atoms with Crippen LogP contribution in [0.3, 0.4) is 0 Å². The molecule has 20 heavy (non-hydrogen) atoms. The Morgan fingerprint density at radius 1 is 1.45 bits per heavy atom. The van der Waals surface area contributed by atoms with Gasteiger partial charge in [0.05, 0.1) is 6.20 Å². The fraction of sp³-hybridized carbons (Fsp3) is 0.182. The first kappa shape index (κ1) is 13.4. The first-order chi connectivity index (χ1) is 9.65. The number of hydrogen-bond acceptors (Lipinski definition) is 7. The molecule has 0 bridgehead atoms. The highest BCUT2D eigenvalue weighted by Crippen LogP contribution is 2.29. The molecule has 3 heterocycles. The molecule has 0 saturated heterocycles. The van der Waals surface area contributed by atoms with Gasteiger partial charge in [-0.3, -0.25) is 4.57 Å². The molecule has 0 unspecified atom stereocenters. The summed E-state index contributed by atoms with van der Waals surface area (Å²) in [6, 6.07) is 4.07. The molecule has 0 aliphatic heterocycles. The molecule has 1 N–H and O–H groups in total. The van der Waals surface area contributed by atoms with E-state index in [1.54, 1.807) is 30.1 Å². The molecule has 0 saturated carbocycles. The summed E-state index contributed by atoms with van der Waals surface area (Å²) < 4.78 is 3.21. The quantitative estimate of drug-likeness (QED) is 0.743. The van der Waals surface area contributed by atoms with Crippen LogP contribution >= 0.6 is 34.4 Å². The number of nitrogens with zero attached hydrogens (tertiary/aromatic N) is 4. The van der Waals surface area contributed by atoms with Crippen LogP contribution in [0.5, 0.6) is 5.88 Å². The molecule has 6 nitrogen and oxygen atoms in total. The van der Waals surface area contributed by atoms with Crippen molar-refractivity contribution in [2.24, 2.45) is 7.05 Å². The minimum Gasteiger partial charge on any atom is -0.493 e. The normalized spacial score (nSPS) is 11.1. The third-order valence-corrected chi connectivity index (χ3v) is 5.69. The molecule has 3 rings (SSSR count). The van der Waals surface area contributed by atoms with Crippen LogP contribution < -0.4 is 5.69 Å². The lowest BCUT2D eigenvalue weighted by Crippen LogP contribution is -2.20. The van der Waals surface area contributed by atoms with Gasteiger partial charge in [-0.2, -0.15) is 0 Å². The van der Waals surface area contributed by atoms with Crippen molar-refractivity contribution in [2.75, 3.05) is 0 Å². The summed E-state index contributed by atoms with van der Waals surface area (Å²) >= 11 is 4.54. The molecular weight excluding hydrogens is 316 g/mol. The lowest BCUT2D eigenvalue weighted by Gasteiger charge is -1.94. The van der Waals surface area contributed by atoms with Crippen LogP contribution in [0, 0.1) is 0 Å². The number of hydrogen-bond donors (Lipinski definition) is 1. The third-order valence-electron chi connectivity index (χ3n) is 2.54. The molecule has 0 atom stereocenters. The van der Waals surface area contributed by atoms with Gasteiger partial charge in [-0.1, -0.05) is 29.2 Å². The van der Waals surface area contributed by atoms with Gasteiger partial charge in [0.25, 0.3) is 0 Å². The molecule has 0 spiro atoms. The Labute approximate surface area is 126 Å². The Morgan fingerprint density at radius 3 is 2.95 bits per heavy atom. The largest absolute Gasteiger partial charge is 0.493 e. The fourth-order valence-electron chi connectivity index (χ4n) is 1.60. The summed E-state index contributed by atoms with van der Waals surface area (Å²) in [6.07, 6.45) is 1.35. The van der Waals surface area contributed by atoms with Crippen LogP contribution in [0.4, 0.5) is 0 Å². The molecule has 0 fully saturated rings. The van der Waals surface area contributed by atoms with E-state index in [1.165, 1.54) is 27.0 Å². The van der Waals surface area contributed by atoms with E-state index in [2.05, 4.69) is 16.3 Å². The number of aryl methyl sites for hydroxylation is 1. The molecular formula is C11H10N4O2S3. The van der Waals surface area contributed by atoms with E-state index in [4.69, 9.17) is 0 Å². The molecule has 0 radical (unpaired) electrons. The van der Waals surface area contributed by atoms with Gasteiger partial charge in [0.15, 0.2) is 4.34 Å². The number of aromatic hydroxyl groups is 1. The van der Waals surface area contributed by atoms with Crippen molar-refractivity contribution in [3.8, 4) is 11.0 Å². The predicted molar refractivity (Wildman–Crippen MR) is 80.0 cm³/mol. The topological polar surface area (TPSA) is 72.9 Å². The van der Waals surface area contributed by atoms with E-state index in [1.807, 2.05) is 11.4 Å². The van der Waals surface area contributed by atoms with Crippen LogP contribution in [0.25, 0.3) is 5.13 Å². The second-order valence-corrected chi connectivity index (χ2v) is 7.15. The summed E-state index contributed by atoms with van der Waals surface area (Å²) in [4.78, 5) is 13.1. The first-order valence-corrected chi connectivity index (χ1v) is 8.29. The lowest BCUT2D eigenvalue weighted by atomic mass is 10.5. The van der Waals surface area contributed by atoms with Gasteiger partial charge >= 0.3 is 5.69 Å². The molecule has 3 aromatic rings. The highest BCUT2D eigenvalue weighted by Gasteiger charge is 2.15. The van der Waals surface area contributed by atoms with Crippen molar-refractivity contribution in [1.29, 1.82) is 0 Å². The SMILES string of the molecule is Cn1cc(O)n(-c2nnc(SCc3cccs3)s2)c1=O. The second kappa shape index (κ2) is 5.43. The fourth-order valence-corrected chi connectivity index (χ4v) is 4.22. The summed E-state index contributed by atoms with van der Waals surface area (Å²) in [6.45, 7) is 0. The van der Waals surface area contributed by atoms with E-state index in [-0.39, 0.29) is 11.6 Å². The van der Waals surface area contributed by atoms with Crippen molar-refractivity contribution in [3.05, 3.63) is 39.1 Å². The van der Waals surface area contributed by atoms with Crippen LogP contribution in [0.1, 0.15) is 4.88 Å². The summed E-state index contributed by atoms with van der Waals surface area (Å²) in [7, 11) is 1.58. The number of thiophene rings is 1. The van der Waals surface area contributed by atoms with Crippen LogP contribution in [-0.2, 0) is 12.8 Å². The maximum absolute atomic E-state index is 11.8. The van der Waals surface area contributed by atoms with E-state index in [0.29, 0.717) is 5.13 Å². The monoisotopic (exact) mass is 326 g/mol. The van der Waals surface area contributed by atoms with Crippen LogP contribution in [-0.4, -0.2) is 24.4 Å². The van der Waals surface area contributed by atoms with Crippen molar-refractivity contribution in [2.45, 2.75) is 10.1 Å². The van der Waals surface area contributed by atoms with Gasteiger partial charge in [0, 0.05) is 17.7 Å². The zero-order valence-electron chi connectivity index (χ0n) is 10.4. The van der Waals surface area contributed by atoms with E-state index in [9.17, 15) is 9.90 Å². The van der Waals surface area contributed by atoms with E-state index >= 15 is 0 Å². The van der Waals surface area contributed by atoms with Gasteiger partial charge in [0.2, 0.25) is 11.0 Å². The van der Waals surface area contributed by atoms with Crippen molar-refractivity contribution in [3.63, 3.8) is 0 Å². The smallest absolute Gasteiger partial charge is 0.337 e. The zero-order valence-corrected chi connectivity index (χ0v) is 12.8. The summed E-state index contributed by atoms with van der Waals surface area (Å²) in [5, 5.41) is 20.1. The van der Waals surface area contributed by atoms with E-state index < -0.39 is 0 Å². The molecule has 0 aliphatic rings. The van der Waals surface area contributed by atoms with Crippen molar-refractivity contribution in [1.82, 2.24) is 19.3 Å². The molecule has 104 valence electrons. The standard InChI is InChI=1S/C11H10N4O2S3/c1-14-5-8(16)15(11(14)17)9-12-13-10(20-9)19-6-7-3-2-4-18-7/h2-5,16H,6H2,1H3. The van der Waals surface area contributed by atoms with Crippen molar-refractivity contribution < 1.29 is 5.11 Å². The minimum atomic E-state index is -0.339. The molecule has 0 amide bonds. The highest BCUT2D eigenvalue weighted by atomic mass is 32.2. The number of aromatic nitrogens is 4. The Bertz CT molecular complexity index is 772. The molecule has 0 aromatic carbocycles. The van der Waals surface area contributed by atoms with Gasteiger partial charge in [0.1, 0.15) is 0 Å². The number of imidazole rings is 1. The van der Waals surface area contributed by atoms with Gasteiger partial charge in [-0.25, -0.2) is 9.36 Å². The molecule has 9 heteroatoms. The highest BCUT2D eigenvalue weighted by molar-refractivity contribution is 8.00. The number of thioether (sulfide) groups is 1. The van der Waals surface area contributed by atoms with Gasteiger partial charge in [-0.05, 0) is 11.4 Å². The Balaban J connectivity index is 1.81. The van der Waals surface area contributed by atoms with Crippen LogP contribution in [0.15, 0.2) is 32.8 Å².